The van der Waals surface area contributed by atoms with E-state index in [2.05, 4.69) is 10.3 Å². The largest absolute Gasteiger partial charge is 0.294 e. The van der Waals surface area contributed by atoms with E-state index in [1.165, 1.54) is 0 Å². The smallest absolute Gasteiger partial charge is 0.165 e. The molecule has 128 valence electrons. The lowest BCUT2D eigenvalue weighted by Gasteiger charge is -2.18. The third-order valence-electron chi connectivity index (χ3n) is 4.38. The molecule has 0 bridgehead atoms. The van der Waals surface area contributed by atoms with Gasteiger partial charge in [0.15, 0.2) is 5.78 Å². The highest BCUT2D eigenvalue weighted by Gasteiger charge is 2.22. The third-order valence-corrected chi connectivity index (χ3v) is 4.62. The number of ketones is 1. The maximum absolute atomic E-state index is 12.9. The molecule has 3 aromatic carbocycles. The Morgan fingerprint density at radius 3 is 2.54 bits per heavy atom. The van der Waals surface area contributed by atoms with Crippen molar-refractivity contribution in [2.45, 2.75) is 12.5 Å². The van der Waals surface area contributed by atoms with Gasteiger partial charge in [-0.25, -0.2) is 4.68 Å². The lowest BCUT2D eigenvalue weighted by molar-refractivity contribution is 0.0968. The Labute approximate surface area is 156 Å². The number of fused-ring (bicyclic) bond motifs is 1. The molecule has 1 aromatic heterocycles. The van der Waals surface area contributed by atoms with Crippen LogP contribution in [0.15, 0.2) is 78.9 Å². The number of hydrogen-bond donors (Lipinski definition) is 0. The third kappa shape index (κ3) is 3.24. The number of Topliss-reactive ketones (excluding diaryl/α,β-unsaturated/α-hetero) is 1. The summed E-state index contributed by atoms with van der Waals surface area (Å²) in [5.74, 6) is 0.0511. The Hall–Kier alpha value is -2.98. The van der Waals surface area contributed by atoms with Crippen LogP contribution in [0.3, 0.4) is 0 Å². The molecule has 0 radical (unpaired) electrons. The zero-order valence-corrected chi connectivity index (χ0v) is 14.7. The van der Waals surface area contributed by atoms with E-state index in [1.54, 1.807) is 0 Å². The highest BCUT2D eigenvalue weighted by molar-refractivity contribution is 6.30. The summed E-state index contributed by atoms with van der Waals surface area (Å²) in [4.78, 5) is 12.9. The van der Waals surface area contributed by atoms with Crippen molar-refractivity contribution >= 4 is 28.4 Å². The van der Waals surface area contributed by atoms with Crippen LogP contribution in [0.1, 0.15) is 28.4 Å². The zero-order valence-electron chi connectivity index (χ0n) is 13.9. The molecular weight excluding hydrogens is 346 g/mol. The molecule has 0 fully saturated rings. The lowest BCUT2D eigenvalue weighted by atomic mass is 9.98. The molecule has 0 aliphatic carbocycles. The second-order valence-corrected chi connectivity index (χ2v) is 6.52. The average Bonchev–Trinajstić information content (AvgIpc) is 3.10. The minimum atomic E-state index is -0.284. The van der Waals surface area contributed by atoms with Crippen LogP contribution in [0.2, 0.25) is 5.02 Å². The van der Waals surface area contributed by atoms with Gasteiger partial charge in [0.2, 0.25) is 0 Å². The Morgan fingerprint density at radius 1 is 0.962 bits per heavy atom. The van der Waals surface area contributed by atoms with Crippen LogP contribution in [0, 0.1) is 0 Å². The summed E-state index contributed by atoms with van der Waals surface area (Å²) < 4.78 is 1.81. The molecular formula is C21H16ClN3O. The van der Waals surface area contributed by atoms with Crippen LogP contribution >= 0.6 is 11.6 Å². The van der Waals surface area contributed by atoms with Gasteiger partial charge in [0.1, 0.15) is 5.52 Å². The van der Waals surface area contributed by atoms with Gasteiger partial charge in [0.05, 0.1) is 11.6 Å². The summed E-state index contributed by atoms with van der Waals surface area (Å²) in [6.45, 7) is 0. The minimum absolute atomic E-state index is 0.0511. The van der Waals surface area contributed by atoms with Crippen molar-refractivity contribution in [1.29, 1.82) is 0 Å². The summed E-state index contributed by atoms with van der Waals surface area (Å²) in [6, 6.07) is 24.3. The van der Waals surface area contributed by atoms with Crippen LogP contribution in [0.25, 0.3) is 11.0 Å². The van der Waals surface area contributed by atoms with Gasteiger partial charge in [-0.2, -0.15) is 0 Å². The highest BCUT2D eigenvalue weighted by atomic mass is 35.5. The van der Waals surface area contributed by atoms with E-state index in [0.717, 1.165) is 16.6 Å². The fourth-order valence-corrected chi connectivity index (χ4v) is 3.29. The van der Waals surface area contributed by atoms with Crippen molar-refractivity contribution in [1.82, 2.24) is 15.0 Å². The van der Waals surface area contributed by atoms with Gasteiger partial charge in [0.25, 0.3) is 0 Å². The first-order chi connectivity index (χ1) is 12.7. The Balaban J connectivity index is 1.78. The number of carbonyl (C=O) groups is 1. The number of aromatic nitrogens is 3. The van der Waals surface area contributed by atoms with Crippen molar-refractivity contribution in [2.24, 2.45) is 0 Å². The fraction of sp³-hybridized carbons (Fsp3) is 0.0952. The first-order valence-electron chi connectivity index (χ1n) is 8.36. The molecule has 4 rings (SSSR count). The molecule has 0 unspecified atom stereocenters. The molecule has 0 amide bonds. The van der Waals surface area contributed by atoms with Gasteiger partial charge in [0, 0.05) is 17.0 Å². The Bertz CT molecular complexity index is 1060. The monoisotopic (exact) mass is 361 g/mol. The number of para-hydroxylation sites is 1. The Morgan fingerprint density at radius 2 is 1.73 bits per heavy atom. The van der Waals surface area contributed by atoms with Crippen molar-refractivity contribution in [3.63, 3.8) is 0 Å². The van der Waals surface area contributed by atoms with Crippen molar-refractivity contribution in [3.8, 4) is 0 Å². The van der Waals surface area contributed by atoms with Crippen molar-refractivity contribution < 1.29 is 4.79 Å². The molecule has 0 aliphatic heterocycles. The summed E-state index contributed by atoms with van der Waals surface area (Å²) in [5.41, 5.74) is 3.30. The lowest BCUT2D eigenvalue weighted by Crippen LogP contribution is -2.17. The van der Waals surface area contributed by atoms with E-state index in [9.17, 15) is 4.79 Å². The number of carbonyl (C=O) groups excluding carboxylic acids is 1. The Kier molecular flexibility index (Phi) is 4.50. The predicted octanol–water partition coefficient (Wildman–Crippen LogP) is 4.95. The molecule has 0 spiro atoms. The number of halogens is 1. The van der Waals surface area contributed by atoms with Crippen LogP contribution in [0.4, 0.5) is 0 Å². The van der Waals surface area contributed by atoms with E-state index in [4.69, 9.17) is 11.6 Å². The van der Waals surface area contributed by atoms with Gasteiger partial charge in [-0.15, -0.1) is 5.10 Å². The van der Waals surface area contributed by atoms with E-state index in [-0.39, 0.29) is 18.2 Å². The van der Waals surface area contributed by atoms with Crippen molar-refractivity contribution in [2.75, 3.05) is 0 Å². The van der Waals surface area contributed by atoms with Crippen molar-refractivity contribution in [3.05, 3.63) is 95.0 Å². The summed E-state index contributed by atoms with van der Waals surface area (Å²) >= 11 is 6.19. The standard InChI is InChI=1S/C21H16ClN3O/c22-17-10-6-9-16(13-17)20(14-21(26)15-7-2-1-3-8-15)25-19-12-5-4-11-18(19)23-24-25/h1-13,20H,14H2/t20-/m1/s1. The predicted molar refractivity (Wildman–Crippen MR) is 103 cm³/mol. The fourth-order valence-electron chi connectivity index (χ4n) is 3.09. The van der Waals surface area contributed by atoms with Gasteiger partial charge >= 0.3 is 0 Å². The number of hydrogen-bond acceptors (Lipinski definition) is 3. The molecule has 0 N–H and O–H groups in total. The minimum Gasteiger partial charge on any atom is -0.294 e. The van der Waals surface area contributed by atoms with E-state index in [1.807, 2.05) is 83.5 Å². The molecule has 4 nitrogen and oxygen atoms in total. The maximum atomic E-state index is 12.9. The topological polar surface area (TPSA) is 47.8 Å². The summed E-state index contributed by atoms with van der Waals surface area (Å²) in [7, 11) is 0. The summed E-state index contributed by atoms with van der Waals surface area (Å²) in [5, 5.41) is 9.18. The zero-order chi connectivity index (χ0) is 17.9. The molecule has 1 heterocycles. The van der Waals surface area contributed by atoms with Crippen LogP contribution in [-0.4, -0.2) is 20.8 Å². The molecule has 5 heteroatoms. The second-order valence-electron chi connectivity index (χ2n) is 6.09. The first-order valence-corrected chi connectivity index (χ1v) is 8.74. The van der Waals surface area contributed by atoms with E-state index >= 15 is 0 Å². The number of benzene rings is 3. The average molecular weight is 362 g/mol. The van der Waals surface area contributed by atoms with E-state index in [0.29, 0.717) is 10.6 Å². The summed E-state index contributed by atoms with van der Waals surface area (Å²) in [6.07, 6.45) is 0.276. The first kappa shape index (κ1) is 16.5. The molecule has 26 heavy (non-hydrogen) atoms. The van der Waals surface area contributed by atoms with Gasteiger partial charge in [-0.05, 0) is 29.8 Å². The van der Waals surface area contributed by atoms with Gasteiger partial charge in [-0.1, -0.05) is 71.4 Å². The second kappa shape index (κ2) is 7.10. The highest BCUT2D eigenvalue weighted by Crippen LogP contribution is 2.28. The van der Waals surface area contributed by atoms with Gasteiger partial charge < -0.3 is 0 Å². The molecule has 0 saturated heterocycles. The maximum Gasteiger partial charge on any atom is 0.165 e. The van der Waals surface area contributed by atoms with Crippen LogP contribution < -0.4 is 0 Å². The SMILES string of the molecule is O=C(C[C@H](c1cccc(Cl)c1)n1nnc2ccccc21)c1ccccc1. The molecule has 0 saturated carbocycles. The normalized spacial score (nSPS) is 12.2. The molecule has 1 atom stereocenters. The number of rotatable bonds is 5. The molecule has 0 aliphatic rings. The van der Waals surface area contributed by atoms with Gasteiger partial charge in [-0.3, -0.25) is 4.79 Å². The van der Waals surface area contributed by atoms with E-state index < -0.39 is 0 Å². The van der Waals surface area contributed by atoms with Crippen LogP contribution in [-0.2, 0) is 0 Å². The number of nitrogens with zero attached hydrogens (tertiary/aromatic N) is 3. The molecule has 4 aromatic rings. The van der Waals surface area contributed by atoms with Crippen LogP contribution in [0.5, 0.6) is 0 Å². The quantitative estimate of drug-likeness (QED) is 0.473.